The summed E-state index contributed by atoms with van der Waals surface area (Å²) in [5.41, 5.74) is 2.65. The first kappa shape index (κ1) is 10.7. The molecule has 1 aromatic heterocycles. The SMILES string of the molecule is Cc1nc(NO)sc1CCO[N+](=O)[O-]. The van der Waals surface area contributed by atoms with E-state index >= 15 is 0 Å². The van der Waals surface area contributed by atoms with Crippen LogP contribution in [0.25, 0.3) is 0 Å². The quantitative estimate of drug-likeness (QED) is 0.566. The van der Waals surface area contributed by atoms with Gasteiger partial charge in [0.2, 0.25) is 5.13 Å². The van der Waals surface area contributed by atoms with Crippen molar-refractivity contribution in [1.82, 2.24) is 4.98 Å². The van der Waals surface area contributed by atoms with Crippen molar-refractivity contribution in [1.29, 1.82) is 0 Å². The van der Waals surface area contributed by atoms with Crippen molar-refractivity contribution in [3.63, 3.8) is 0 Å². The monoisotopic (exact) mass is 219 g/mol. The highest BCUT2D eigenvalue weighted by atomic mass is 32.1. The lowest BCUT2D eigenvalue weighted by Gasteiger charge is -1.96. The van der Waals surface area contributed by atoms with Gasteiger partial charge in [-0.15, -0.1) is 10.1 Å². The zero-order chi connectivity index (χ0) is 10.6. The fourth-order valence-corrected chi connectivity index (χ4v) is 1.76. The van der Waals surface area contributed by atoms with Crippen molar-refractivity contribution in [3.8, 4) is 0 Å². The highest BCUT2D eigenvalue weighted by Crippen LogP contribution is 2.22. The second kappa shape index (κ2) is 4.72. The van der Waals surface area contributed by atoms with Crippen LogP contribution in [0.1, 0.15) is 10.6 Å². The van der Waals surface area contributed by atoms with Gasteiger partial charge in [0, 0.05) is 11.3 Å². The number of hydrogen-bond donors (Lipinski definition) is 2. The van der Waals surface area contributed by atoms with E-state index in [2.05, 4.69) is 9.82 Å². The predicted octanol–water partition coefficient (Wildman–Crippen LogP) is 1.00. The van der Waals surface area contributed by atoms with E-state index in [0.717, 1.165) is 10.6 Å². The summed E-state index contributed by atoms with van der Waals surface area (Å²) in [7, 11) is 0. The zero-order valence-corrected chi connectivity index (χ0v) is 8.21. The maximum atomic E-state index is 9.85. The Morgan fingerprint density at radius 1 is 1.79 bits per heavy atom. The molecule has 0 radical (unpaired) electrons. The molecule has 78 valence electrons. The van der Waals surface area contributed by atoms with Crippen LogP contribution in [0.4, 0.5) is 5.13 Å². The number of aryl methyl sites for hydroxylation is 1. The highest BCUT2D eigenvalue weighted by Gasteiger charge is 2.07. The fraction of sp³-hybridized carbons (Fsp3) is 0.500. The average molecular weight is 219 g/mol. The molecule has 0 atom stereocenters. The molecular formula is C6H9N3O4S. The van der Waals surface area contributed by atoms with E-state index in [9.17, 15) is 10.1 Å². The molecule has 0 aliphatic rings. The maximum Gasteiger partial charge on any atom is 0.294 e. The van der Waals surface area contributed by atoms with Crippen LogP contribution in [-0.2, 0) is 11.3 Å². The van der Waals surface area contributed by atoms with E-state index in [1.807, 2.05) is 5.48 Å². The Hall–Kier alpha value is -1.41. The normalized spacial score (nSPS) is 9.86. The van der Waals surface area contributed by atoms with Crippen molar-refractivity contribution in [3.05, 3.63) is 20.7 Å². The van der Waals surface area contributed by atoms with Crippen LogP contribution in [0, 0.1) is 17.0 Å². The third-order valence-electron chi connectivity index (χ3n) is 1.51. The maximum absolute atomic E-state index is 9.85. The number of nitrogens with zero attached hydrogens (tertiary/aromatic N) is 2. The van der Waals surface area contributed by atoms with Gasteiger partial charge >= 0.3 is 0 Å². The first-order chi connectivity index (χ1) is 6.63. The first-order valence-corrected chi connectivity index (χ1v) is 4.59. The Morgan fingerprint density at radius 3 is 3.00 bits per heavy atom. The minimum absolute atomic E-state index is 0.000895. The molecule has 0 fully saturated rings. The van der Waals surface area contributed by atoms with Crippen LogP contribution in [-0.4, -0.2) is 21.9 Å². The van der Waals surface area contributed by atoms with E-state index in [1.54, 1.807) is 6.92 Å². The molecule has 0 bridgehead atoms. The molecular weight excluding hydrogens is 210 g/mol. The molecule has 1 aromatic rings. The Morgan fingerprint density at radius 2 is 2.50 bits per heavy atom. The van der Waals surface area contributed by atoms with E-state index < -0.39 is 5.09 Å². The third-order valence-corrected chi connectivity index (χ3v) is 2.64. The van der Waals surface area contributed by atoms with Crippen LogP contribution >= 0.6 is 11.3 Å². The fourth-order valence-electron chi connectivity index (χ4n) is 0.921. The second-order valence-electron chi connectivity index (χ2n) is 2.45. The van der Waals surface area contributed by atoms with Crippen LogP contribution in [0.3, 0.4) is 0 Å². The van der Waals surface area contributed by atoms with Crippen molar-refractivity contribution in [2.24, 2.45) is 0 Å². The Labute approximate surface area is 83.4 Å². The first-order valence-electron chi connectivity index (χ1n) is 3.77. The largest absolute Gasteiger partial charge is 0.314 e. The molecule has 7 nitrogen and oxygen atoms in total. The third kappa shape index (κ3) is 2.82. The summed E-state index contributed by atoms with van der Waals surface area (Å²) in [5, 5.41) is 17.9. The summed E-state index contributed by atoms with van der Waals surface area (Å²) < 4.78 is 0. The molecule has 8 heteroatoms. The second-order valence-corrected chi connectivity index (χ2v) is 3.53. The van der Waals surface area contributed by atoms with Gasteiger partial charge in [0.15, 0.2) is 0 Å². The summed E-state index contributed by atoms with van der Waals surface area (Å²) in [6.07, 6.45) is 0.409. The summed E-state index contributed by atoms with van der Waals surface area (Å²) in [4.78, 5) is 18.8. The molecule has 2 N–H and O–H groups in total. The number of anilines is 1. The molecule has 0 aromatic carbocycles. The number of hydrogen-bond acceptors (Lipinski definition) is 7. The van der Waals surface area contributed by atoms with Crippen molar-refractivity contribution < 1.29 is 15.1 Å². The average Bonchev–Trinajstić information content (AvgIpc) is 2.47. The lowest BCUT2D eigenvalue weighted by atomic mass is 10.3. The molecule has 0 unspecified atom stereocenters. The molecule has 0 amide bonds. The molecule has 0 spiro atoms. The van der Waals surface area contributed by atoms with Gasteiger partial charge in [0.25, 0.3) is 5.09 Å². The lowest BCUT2D eigenvalue weighted by molar-refractivity contribution is -0.757. The molecule has 0 aliphatic heterocycles. The molecule has 0 saturated carbocycles. The number of thiazole rings is 1. The van der Waals surface area contributed by atoms with Crippen molar-refractivity contribution in [2.75, 3.05) is 12.1 Å². The van der Waals surface area contributed by atoms with E-state index in [1.165, 1.54) is 11.3 Å². The van der Waals surface area contributed by atoms with Crippen LogP contribution in [0.15, 0.2) is 0 Å². The Balaban J connectivity index is 2.49. The van der Waals surface area contributed by atoms with Gasteiger partial charge in [-0.3, -0.25) is 5.21 Å². The van der Waals surface area contributed by atoms with Gasteiger partial charge in [-0.25, -0.2) is 10.5 Å². The number of nitrogens with one attached hydrogen (secondary N) is 1. The van der Waals surface area contributed by atoms with E-state index in [4.69, 9.17) is 5.21 Å². The van der Waals surface area contributed by atoms with Crippen molar-refractivity contribution in [2.45, 2.75) is 13.3 Å². The Bertz CT molecular complexity index is 327. The highest BCUT2D eigenvalue weighted by molar-refractivity contribution is 7.15. The molecule has 0 aliphatic carbocycles. The van der Waals surface area contributed by atoms with Gasteiger partial charge in [-0.2, -0.15) is 0 Å². The van der Waals surface area contributed by atoms with Gasteiger partial charge in [-0.1, -0.05) is 11.3 Å². The van der Waals surface area contributed by atoms with Crippen LogP contribution in [0.2, 0.25) is 0 Å². The van der Waals surface area contributed by atoms with Crippen LogP contribution < -0.4 is 5.48 Å². The van der Waals surface area contributed by atoms with Gasteiger partial charge in [0.1, 0.15) is 6.61 Å². The summed E-state index contributed by atoms with van der Waals surface area (Å²) in [6.45, 7) is 1.76. The molecule has 1 rings (SSSR count). The minimum atomic E-state index is -0.832. The standard InChI is InChI=1S/C6H9N3O4S/c1-4-5(2-3-13-9(11)12)14-6(7-4)8-10/h10H,2-3H2,1H3,(H,7,8). The lowest BCUT2D eigenvalue weighted by Crippen LogP contribution is -2.04. The topological polar surface area (TPSA) is 97.5 Å². The van der Waals surface area contributed by atoms with E-state index in [-0.39, 0.29) is 6.61 Å². The van der Waals surface area contributed by atoms with Gasteiger partial charge in [-0.05, 0) is 6.92 Å². The predicted molar refractivity (Wildman–Crippen MR) is 48.9 cm³/mol. The summed E-state index contributed by atoms with van der Waals surface area (Å²) in [5.74, 6) is 0. The van der Waals surface area contributed by atoms with Crippen molar-refractivity contribution >= 4 is 16.5 Å². The molecule has 1 heterocycles. The van der Waals surface area contributed by atoms with Gasteiger partial charge < -0.3 is 4.84 Å². The smallest absolute Gasteiger partial charge is 0.294 e. The Kier molecular flexibility index (Phi) is 3.60. The summed E-state index contributed by atoms with van der Waals surface area (Å²) >= 11 is 1.24. The number of rotatable bonds is 5. The number of aromatic nitrogens is 1. The minimum Gasteiger partial charge on any atom is -0.314 e. The molecule has 14 heavy (non-hydrogen) atoms. The van der Waals surface area contributed by atoms with Gasteiger partial charge in [0.05, 0.1) is 5.69 Å². The summed E-state index contributed by atoms with van der Waals surface area (Å²) in [6, 6.07) is 0. The van der Waals surface area contributed by atoms with E-state index in [0.29, 0.717) is 11.6 Å². The van der Waals surface area contributed by atoms with Crippen LogP contribution in [0.5, 0.6) is 0 Å². The molecule has 0 saturated heterocycles. The zero-order valence-electron chi connectivity index (χ0n) is 7.39.